The van der Waals surface area contributed by atoms with E-state index in [2.05, 4.69) is 0 Å². The number of carbonyl (C=O) groups is 5. The number of esters is 5. The Morgan fingerprint density at radius 3 is 0.881 bits per heavy atom. The maximum Gasteiger partial charge on any atom is 0.340 e. The number of benzene rings is 5. The van der Waals surface area contributed by atoms with Crippen LogP contribution in [0.2, 0.25) is 0 Å². The number of rotatable bonds is 11. The van der Waals surface area contributed by atoms with Crippen molar-refractivity contribution >= 4 is 29.8 Å². The third-order valence-corrected chi connectivity index (χ3v) is 9.45. The van der Waals surface area contributed by atoms with Gasteiger partial charge in [-0.3, -0.25) is 0 Å². The van der Waals surface area contributed by atoms with Crippen molar-refractivity contribution in [1.82, 2.24) is 0 Å². The minimum Gasteiger partial charge on any atom is -0.504 e. The summed E-state index contributed by atoms with van der Waals surface area (Å²) in [6, 6.07) is 5.60. The molecule has 1 heterocycles. The normalized spacial score (nSPS) is 17.7. The van der Waals surface area contributed by atoms with E-state index in [0.717, 1.165) is 0 Å². The van der Waals surface area contributed by atoms with E-state index >= 15 is 0 Å². The van der Waals surface area contributed by atoms with Crippen molar-refractivity contribution in [1.29, 1.82) is 0 Å². The number of phenolic OH excluding ortho intramolecular Hbond substituents is 15. The van der Waals surface area contributed by atoms with Crippen molar-refractivity contribution in [3.63, 3.8) is 0 Å². The molecular weight excluding hydrogens is 908 g/mol. The molecule has 0 aliphatic carbocycles. The van der Waals surface area contributed by atoms with Crippen LogP contribution in [0.5, 0.6) is 86.2 Å². The molecule has 1 saturated heterocycles. The Hall–Kier alpha value is -9.59. The first-order valence-electron chi connectivity index (χ1n) is 18.4. The smallest absolute Gasteiger partial charge is 0.340 e. The molecule has 1 aliphatic rings. The number of hydrogen-bond acceptors (Lipinski definition) is 26. The predicted molar refractivity (Wildman–Crippen MR) is 209 cm³/mol. The van der Waals surface area contributed by atoms with E-state index in [4.69, 9.17) is 28.4 Å². The molecule has 0 aromatic heterocycles. The van der Waals surface area contributed by atoms with Crippen molar-refractivity contribution in [2.75, 3.05) is 6.61 Å². The van der Waals surface area contributed by atoms with Crippen LogP contribution in [-0.2, 0) is 28.4 Å². The second kappa shape index (κ2) is 18.3. The first-order chi connectivity index (χ1) is 31.4. The Balaban J connectivity index is 1.52. The number of aromatic hydroxyl groups is 15. The molecule has 5 aromatic rings. The van der Waals surface area contributed by atoms with Crippen LogP contribution in [0.15, 0.2) is 60.7 Å². The lowest BCUT2D eigenvalue weighted by molar-refractivity contribution is -0.282. The summed E-state index contributed by atoms with van der Waals surface area (Å²) in [6.45, 7) is -1.25. The van der Waals surface area contributed by atoms with Crippen molar-refractivity contribution in [3.8, 4) is 86.2 Å². The maximum absolute atomic E-state index is 13.9. The molecule has 0 amide bonds. The molecular formula is C41H32O26. The molecule has 5 atom stereocenters. The van der Waals surface area contributed by atoms with Gasteiger partial charge in [-0.25, -0.2) is 24.0 Å². The van der Waals surface area contributed by atoms with Crippen LogP contribution in [0.3, 0.4) is 0 Å². The highest BCUT2D eigenvalue weighted by Crippen LogP contribution is 2.41. The van der Waals surface area contributed by atoms with Crippen molar-refractivity contribution in [2.24, 2.45) is 0 Å². The molecule has 0 unspecified atom stereocenters. The Morgan fingerprint density at radius 1 is 0.343 bits per heavy atom. The number of carbonyl (C=O) groups excluding carboxylic acids is 5. The van der Waals surface area contributed by atoms with Gasteiger partial charge in [0.2, 0.25) is 12.4 Å². The topological polar surface area (TPSA) is 444 Å². The Bertz CT molecular complexity index is 2720. The van der Waals surface area contributed by atoms with Gasteiger partial charge in [0.1, 0.15) is 12.7 Å². The van der Waals surface area contributed by atoms with Crippen LogP contribution in [0, 0.1) is 0 Å². The van der Waals surface area contributed by atoms with E-state index in [0.29, 0.717) is 60.7 Å². The molecule has 0 spiro atoms. The number of phenols is 15. The second-order valence-electron chi connectivity index (χ2n) is 14.0. The van der Waals surface area contributed by atoms with Gasteiger partial charge in [0, 0.05) is 0 Å². The first-order valence-corrected chi connectivity index (χ1v) is 18.4. The molecule has 1 aliphatic heterocycles. The monoisotopic (exact) mass is 940 g/mol. The largest absolute Gasteiger partial charge is 0.504 e. The van der Waals surface area contributed by atoms with Crippen LogP contribution in [0.25, 0.3) is 0 Å². The SMILES string of the molecule is O=C(OC[C@@H]1O[C@H](OC(=O)c2cc(O)c(O)c(O)c2)[C@H](OC(=O)c2cc(O)c(O)c(O)c2)[C@H](OC(=O)c2cc(O)c(O)c(O)c2)[C@@H]1OC(=O)c1cc(O)c(O)c(O)c1)c1cc(O)c(O)c(O)c1. The maximum atomic E-state index is 13.9. The lowest BCUT2D eigenvalue weighted by atomic mass is 9.97. The van der Waals surface area contributed by atoms with Crippen molar-refractivity contribution in [3.05, 3.63) is 88.5 Å². The van der Waals surface area contributed by atoms with E-state index in [1.807, 2.05) is 0 Å². The highest BCUT2D eigenvalue weighted by Gasteiger charge is 2.55. The van der Waals surface area contributed by atoms with Gasteiger partial charge >= 0.3 is 29.8 Å². The van der Waals surface area contributed by atoms with Crippen LogP contribution in [0.1, 0.15) is 51.8 Å². The first kappa shape index (κ1) is 46.9. The number of ether oxygens (including phenoxy) is 6. The summed E-state index contributed by atoms with van der Waals surface area (Å²) in [5.41, 5.74) is -3.88. The van der Waals surface area contributed by atoms with Crippen LogP contribution in [-0.4, -0.2) is 144 Å². The molecule has 1 fully saturated rings. The lowest BCUT2D eigenvalue weighted by Gasteiger charge is -2.43. The molecule has 67 heavy (non-hydrogen) atoms. The average Bonchev–Trinajstić information content (AvgIpc) is 3.27. The van der Waals surface area contributed by atoms with Gasteiger partial charge in [-0.1, -0.05) is 0 Å². The standard InChI is InChI=1S/C41H32O26/c42-17-1-12(2-18(43)28(17)52)36(57)62-11-27-33(64-37(58)13-3-19(44)29(53)20(45)4-13)34(65-38(59)14-5-21(46)30(54)22(47)6-14)35(66-39(60)15-7-23(48)31(55)24(49)8-15)41(63-27)67-40(61)16-9-25(50)32(56)26(51)10-16/h1-10,27,33-35,41-56H,11H2/t27-,33+,34+,35+,41+/m0/s1. The average molecular weight is 941 g/mol. The highest BCUT2D eigenvalue weighted by molar-refractivity contribution is 5.94. The highest BCUT2D eigenvalue weighted by atomic mass is 16.7. The summed E-state index contributed by atoms with van der Waals surface area (Å²) in [5.74, 6) is -24.5. The molecule has 0 radical (unpaired) electrons. The van der Waals surface area contributed by atoms with Gasteiger partial charge in [-0.15, -0.1) is 0 Å². The summed E-state index contributed by atoms with van der Waals surface area (Å²) in [6.07, 6.45) is -12.2. The molecule has 0 saturated carbocycles. The minimum absolute atomic E-state index is 0.534. The van der Waals surface area contributed by atoms with Crippen LogP contribution < -0.4 is 0 Å². The van der Waals surface area contributed by atoms with E-state index in [1.165, 1.54) is 0 Å². The van der Waals surface area contributed by atoms with Crippen molar-refractivity contribution in [2.45, 2.75) is 30.7 Å². The summed E-state index contributed by atoms with van der Waals surface area (Å²) >= 11 is 0. The fourth-order valence-electron chi connectivity index (χ4n) is 6.11. The zero-order valence-electron chi connectivity index (χ0n) is 33.1. The lowest BCUT2D eigenvalue weighted by Crippen LogP contribution is -2.63. The van der Waals surface area contributed by atoms with E-state index in [1.54, 1.807) is 0 Å². The summed E-state index contributed by atoms with van der Waals surface area (Å²) in [7, 11) is 0. The quantitative estimate of drug-likeness (QED) is 0.0509. The third-order valence-electron chi connectivity index (χ3n) is 9.45. The van der Waals surface area contributed by atoms with Crippen LogP contribution in [0.4, 0.5) is 0 Å². The molecule has 15 N–H and O–H groups in total. The zero-order valence-corrected chi connectivity index (χ0v) is 33.1. The third kappa shape index (κ3) is 9.67. The zero-order chi connectivity index (χ0) is 49.3. The molecule has 6 rings (SSSR count). The fourth-order valence-corrected chi connectivity index (χ4v) is 6.11. The van der Waals surface area contributed by atoms with Gasteiger partial charge in [0.25, 0.3) is 0 Å². The van der Waals surface area contributed by atoms with Gasteiger partial charge in [0.15, 0.2) is 98.5 Å². The number of hydrogen-bond donors (Lipinski definition) is 15. The van der Waals surface area contributed by atoms with E-state index in [9.17, 15) is 101 Å². The van der Waals surface area contributed by atoms with E-state index in [-0.39, 0.29) is 0 Å². The summed E-state index contributed by atoms with van der Waals surface area (Å²) < 4.78 is 33.2. The molecule has 5 aromatic carbocycles. The summed E-state index contributed by atoms with van der Waals surface area (Å²) in [5, 5.41) is 150. The Labute approximate surface area is 370 Å². The second-order valence-corrected chi connectivity index (χ2v) is 14.0. The van der Waals surface area contributed by atoms with Gasteiger partial charge < -0.3 is 105 Å². The fraction of sp³-hybridized carbons (Fsp3) is 0.146. The molecule has 0 bridgehead atoms. The Kier molecular flexibility index (Phi) is 12.8. The summed E-state index contributed by atoms with van der Waals surface area (Å²) in [4.78, 5) is 68.5. The predicted octanol–water partition coefficient (Wildman–Crippen LogP) is 1.69. The molecule has 26 heteroatoms. The van der Waals surface area contributed by atoms with Gasteiger partial charge in [0.05, 0.1) is 27.8 Å². The van der Waals surface area contributed by atoms with Crippen LogP contribution >= 0.6 is 0 Å². The van der Waals surface area contributed by atoms with Crippen molar-refractivity contribution < 1.29 is 129 Å². The van der Waals surface area contributed by atoms with Gasteiger partial charge in [-0.2, -0.15) is 0 Å². The van der Waals surface area contributed by atoms with E-state index < -0.39 is 181 Å². The van der Waals surface area contributed by atoms with Gasteiger partial charge in [-0.05, 0) is 60.7 Å². The molecule has 352 valence electrons. The molecule has 26 nitrogen and oxygen atoms in total. The Morgan fingerprint density at radius 2 is 0.582 bits per heavy atom. The minimum atomic E-state index is -2.56.